The predicted octanol–water partition coefficient (Wildman–Crippen LogP) is 5.30. The summed E-state index contributed by atoms with van der Waals surface area (Å²) in [6.45, 7) is 8.56. The van der Waals surface area contributed by atoms with Crippen molar-refractivity contribution in [2.24, 2.45) is 0 Å². The average Bonchev–Trinajstić information content (AvgIpc) is 2.57. The van der Waals surface area contributed by atoms with Gasteiger partial charge in [0.1, 0.15) is 5.75 Å². The van der Waals surface area contributed by atoms with E-state index in [1.807, 2.05) is 39.0 Å². The Bertz CT molecular complexity index is 742. The van der Waals surface area contributed by atoms with Crippen molar-refractivity contribution in [1.82, 2.24) is 4.98 Å². The third-order valence-corrected chi connectivity index (χ3v) is 4.34. The van der Waals surface area contributed by atoms with E-state index < -0.39 is 0 Å². The van der Waals surface area contributed by atoms with Gasteiger partial charge in [0, 0.05) is 23.9 Å². The third kappa shape index (κ3) is 4.80. The first kappa shape index (κ1) is 20.3. The van der Waals surface area contributed by atoms with Gasteiger partial charge < -0.3 is 19.5 Å². The Hall–Kier alpha value is -1.98. The molecular formula is C20H27ClN2O3. The van der Waals surface area contributed by atoms with Gasteiger partial charge in [-0.25, -0.2) is 4.98 Å². The van der Waals surface area contributed by atoms with E-state index in [1.54, 1.807) is 14.2 Å². The molecule has 26 heavy (non-hydrogen) atoms. The molecule has 0 bridgehead atoms. The molecule has 1 aromatic heterocycles. The minimum Gasteiger partial charge on any atom is -0.490 e. The van der Waals surface area contributed by atoms with Crippen molar-refractivity contribution in [3.05, 3.63) is 40.0 Å². The summed E-state index contributed by atoms with van der Waals surface area (Å²) in [6, 6.07) is 5.86. The number of aryl methyl sites for hydroxylation is 3. The normalized spacial score (nSPS) is 12.0. The molecule has 1 N–H and O–H groups in total. The largest absolute Gasteiger partial charge is 0.490 e. The quantitative estimate of drug-likeness (QED) is 0.675. The van der Waals surface area contributed by atoms with Gasteiger partial charge in [-0.2, -0.15) is 0 Å². The van der Waals surface area contributed by atoms with Gasteiger partial charge in [0.15, 0.2) is 0 Å². The lowest BCUT2D eigenvalue weighted by Gasteiger charge is -2.21. The fourth-order valence-electron chi connectivity index (χ4n) is 2.84. The molecule has 0 saturated carbocycles. The summed E-state index contributed by atoms with van der Waals surface area (Å²) >= 11 is 6.12. The number of halogens is 1. The van der Waals surface area contributed by atoms with E-state index in [1.165, 1.54) is 0 Å². The number of hydrogen-bond acceptors (Lipinski definition) is 5. The number of methoxy groups -OCH3 is 2. The molecule has 142 valence electrons. The molecule has 0 aliphatic carbocycles. The first-order valence-corrected chi connectivity index (χ1v) is 9.03. The van der Waals surface area contributed by atoms with Crippen LogP contribution in [0.3, 0.4) is 0 Å². The molecule has 6 heteroatoms. The minimum absolute atomic E-state index is 0.169. The lowest BCUT2D eigenvalue weighted by atomic mass is 10.1. The van der Waals surface area contributed by atoms with E-state index in [0.29, 0.717) is 23.3 Å². The molecule has 0 fully saturated rings. The van der Waals surface area contributed by atoms with Crippen molar-refractivity contribution in [2.45, 2.75) is 40.2 Å². The second kappa shape index (κ2) is 9.10. The standard InChI is InChI=1S/C20H27ClN2O3/c1-7-16(11-24-5)23-17-10-14(4)22-20(19(17)25-6)26-18-12(2)8-15(21)9-13(18)3/h8-10,16H,7,11H2,1-6H3,(H,22,23). The minimum atomic E-state index is 0.169. The van der Waals surface area contributed by atoms with Crippen LogP contribution in [0.4, 0.5) is 5.69 Å². The molecule has 0 amide bonds. The number of nitrogens with one attached hydrogen (secondary N) is 1. The number of nitrogens with zero attached hydrogens (tertiary/aromatic N) is 1. The Labute approximate surface area is 160 Å². The highest BCUT2D eigenvalue weighted by Gasteiger charge is 2.19. The van der Waals surface area contributed by atoms with Crippen LogP contribution in [0.5, 0.6) is 17.4 Å². The highest BCUT2D eigenvalue weighted by Crippen LogP contribution is 2.39. The van der Waals surface area contributed by atoms with Gasteiger partial charge in [-0.05, 0) is 56.5 Å². The predicted molar refractivity (Wildman–Crippen MR) is 106 cm³/mol. The summed E-state index contributed by atoms with van der Waals surface area (Å²) in [6.07, 6.45) is 0.921. The molecule has 2 rings (SSSR count). The number of pyridine rings is 1. The summed E-state index contributed by atoms with van der Waals surface area (Å²) in [5.41, 5.74) is 3.56. The number of benzene rings is 1. The van der Waals surface area contributed by atoms with Crippen LogP contribution in [-0.4, -0.2) is 31.9 Å². The fraction of sp³-hybridized carbons (Fsp3) is 0.450. The van der Waals surface area contributed by atoms with Gasteiger partial charge in [-0.3, -0.25) is 0 Å². The van der Waals surface area contributed by atoms with Crippen molar-refractivity contribution in [3.63, 3.8) is 0 Å². The van der Waals surface area contributed by atoms with Crippen LogP contribution in [0.2, 0.25) is 5.02 Å². The zero-order valence-corrected chi connectivity index (χ0v) is 17.0. The Morgan fingerprint density at radius 2 is 1.73 bits per heavy atom. The van der Waals surface area contributed by atoms with Gasteiger partial charge in [-0.1, -0.05) is 18.5 Å². The Kier molecular flexibility index (Phi) is 7.12. The topological polar surface area (TPSA) is 52.6 Å². The Morgan fingerprint density at radius 3 is 2.27 bits per heavy atom. The maximum atomic E-state index is 6.15. The van der Waals surface area contributed by atoms with Crippen LogP contribution in [0.15, 0.2) is 18.2 Å². The van der Waals surface area contributed by atoms with Crippen LogP contribution >= 0.6 is 11.6 Å². The number of hydrogen-bond donors (Lipinski definition) is 1. The van der Waals surface area contributed by atoms with Crippen molar-refractivity contribution >= 4 is 17.3 Å². The molecule has 1 unspecified atom stereocenters. The molecule has 5 nitrogen and oxygen atoms in total. The number of rotatable bonds is 8. The van der Waals surface area contributed by atoms with E-state index in [4.69, 9.17) is 25.8 Å². The highest BCUT2D eigenvalue weighted by atomic mass is 35.5. The van der Waals surface area contributed by atoms with Crippen LogP contribution in [0, 0.1) is 20.8 Å². The van der Waals surface area contributed by atoms with E-state index in [2.05, 4.69) is 17.2 Å². The van der Waals surface area contributed by atoms with Gasteiger partial charge in [0.2, 0.25) is 5.75 Å². The molecule has 0 radical (unpaired) electrons. The summed E-state index contributed by atoms with van der Waals surface area (Å²) < 4.78 is 17.0. The van der Waals surface area contributed by atoms with Gasteiger partial charge in [-0.15, -0.1) is 0 Å². The summed E-state index contributed by atoms with van der Waals surface area (Å²) in [4.78, 5) is 4.53. The van der Waals surface area contributed by atoms with Crippen molar-refractivity contribution in [1.29, 1.82) is 0 Å². The van der Waals surface area contributed by atoms with E-state index in [0.717, 1.165) is 34.7 Å². The third-order valence-electron chi connectivity index (χ3n) is 4.12. The lowest BCUT2D eigenvalue weighted by Crippen LogP contribution is -2.24. The van der Waals surface area contributed by atoms with Gasteiger partial charge in [0.05, 0.1) is 19.4 Å². The summed E-state index contributed by atoms with van der Waals surface area (Å²) in [5.74, 6) is 1.73. The molecule has 1 aromatic carbocycles. The number of aromatic nitrogens is 1. The summed E-state index contributed by atoms with van der Waals surface area (Å²) in [5, 5.41) is 4.15. The molecule has 0 aliphatic heterocycles. The van der Waals surface area contributed by atoms with Gasteiger partial charge >= 0.3 is 0 Å². The summed E-state index contributed by atoms with van der Waals surface area (Å²) in [7, 11) is 3.31. The maximum Gasteiger partial charge on any atom is 0.265 e. The van der Waals surface area contributed by atoms with Crippen LogP contribution in [0.25, 0.3) is 0 Å². The van der Waals surface area contributed by atoms with E-state index in [9.17, 15) is 0 Å². The van der Waals surface area contributed by atoms with E-state index in [-0.39, 0.29) is 6.04 Å². The van der Waals surface area contributed by atoms with Crippen LogP contribution in [0.1, 0.15) is 30.2 Å². The molecule has 1 heterocycles. The molecule has 2 aromatic rings. The van der Waals surface area contributed by atoms with Crippen LogP contribution in [-0.2, 0) is 4.74 Å². The molecule has 1 atom stereocenters. The fourth-order valence-corrected chi connectivity index (χ4v) is 3.17. The number of anilines is 1. The van der Waals surface area contributed by atoms with E-state index >= 15 is 0 Å². The van der Waals surface area contributed by atoms with Gasteiger partial charge in [0.25, 0.3) is 5.88 Å². The highest BCUT2D eigenvalue weighted by molar-refractivity contribution is 6.30. The second-order valence-electron chi connectivity index (χ2n) is 6.33. The van der Waals surface area contributed by atoms with Crippen molar-refractivity contribution in [2.75, 3.05) is 26.1 Å². The Morgan fingerprint density at radius 1 is 1.08 bits per heavy atom. The van der Waals surface area contributed by atoms with Crippen LogP contribution < -0.4 is 14.8 Å². The molecule has 0 aliphatic rings. The first-order valence-electron chi connectivity index (χ1n) is 8.65. The number of ether oxygens (including phenoxy) is 3. The lowest BCUT2D eigenvalue weighted by molar-refractivity contribution is 0.184. The Balaban J connectivity index is 2.43. The smallest absolute Gasteiger partial charge is 0.265 e. The average molecular weight is 379 g/mol. The van der Waals surface area contributed by atoms with Crippen molar-refractivity contribution < 1.29 is 14.2 Å². The molecular weight excluding hydrogens is 352 g/mol. The second-order valence-corrected chi connectivity index (χ2v) is 6.76. The maximum absolute atomic E-state index is 6.15. The zero-order valence-electron chi connectivity index (χ0n) is 16.3. The SMILES string of the molecule is CCC(COC)Nc1cc(C)nc(Oc2c(C)cc(Cl)cc2C)c1OC. The monoisotopic (exact) mass is 378 g/mol. The van der Waals surface area contributed by atoms with Crippen molar-refractivity contribution in [3.8, 4) is 17.4 Å². The molecule has 0 saturated heterocycles. The first-order chi connectivity index (χ1) is 12.4. The molecule has 0 spiro atoms. The zero-order chi connectivity index (χ0) is 19.3.